The maximum Gasteiger partial charge on any atom is 0.308 e. The van der Waals surface area contributed by atoms with Crippen molar-refractivity contribution >= 4 is 23.8 Å². The van der Waals surface area contributed by atoms with Crippen LogP contribution in [0, 0.1) is 0 Å². The second-order valence-corrected chi connectivity index (χ2v) is 6.39. The molecule has 0 N–H and O–H groups in total. The van der Waals surface area contributed by atoms with Crippen LogP contribution in [0.1, 0.15) is 44.2 Å². The predicted molar refractivity (Wildman–Crippen MR) is 107 cm³/mol. The minimum absolute atomic E-state index is 0.0335. The molecule has 0 saturated carbocycles. The third kappa shape index (κ3) is 7.58. The summed E-state index contributed by atoms with van der Waals surface area (Å²) in [6.45, 7) is 2.53. The van der Waals surface area contributed by atoms with Crippen molar-refractivity contribution in [2.45, 2.75) is 39.5 Å². The lowest BCUT2D eigenvalue weighted by atomic mass is 10.1. The molecule has 0 fully saturated rings. The van der Waals surface area contributed by atoms with Gasteiger partial charge in [0.1, 0.15) is 0 Å². The fourth-order valence-electron chi connectivity index (χ4n) is 2.65. The number of hydrogen-bond acceptors (Lipinski definition) is 5. The maximum absolute atomic E-state index is 12.1. The molecule has 0 bridgehead atoms. The Bertz CT molecular complexity index is 853. The van der Waals surface area contributed by atoms with Gasteiger partial charge in [-0.15, -0.1) is 0 Å². The Morgan fingerprint density at radius 1 is 0.857 bits per heavy atom. The van der Waals surface area contributed by atoms with Crippen molar-refractivity contribution in [2.75, 3.05) is 0 Å². The summed E-state index contributed by atoms with van der Waals surface area (Å²) in [6.07, 6.45) is 6.39. The van der Waals surface area contributed by atoms with E-state index >= 15 is 0 Å². The van der Waals surface area contributed by atoms with Crippen molar-refractivity contribution in [1.29, 1.82) is 0 Å². The number of esters is 2. The quantitative estimate of drug-likeness (QED) is 0.277. The van der Waals surface area contributed by atoms with Gasteiger partial charge in [-0.3, -0.25) is 14.4 Å². The summed E-state index contributed by atoms with van der Waals surface area (Å²) in [5.41, 5.74) is 1.95. The Morgan fingerprint density at radius 2 is 1.54 bits per heavy atom. The summed E-state index contributed by atoms with van der Waals surface area (Å²) < 4.78 is 10.1. The van der Waals surface area contributed by atoms with E-state index in [1.165, 1.54) is 31.6 Å². The smallest absolute Gasteiger partial charge is 0.308 e. The molecule has 0 amide bonds. The van der Waals surface area contributed by atoms with E-state index < -0.39 is 11.9 Å². The van der Waals surface area contributed by atoms with Gasteiger partial charge in [-0.1, -0.05) is 42.5 Å². The highest BCUT2D eigenvalue weighted by atomic mass is 16.6. The van der Waals surface area contributed by atoms with Crippen LogP contribution in [0.2, 0.25) is 0 Å². The average molecular weight is 380 g/mol. The van der Waals surface area contributed by atoms with Gasteiger partial charge >= 0.3 is 11.9 Å². The van der Waals surface area contributed by atoms with Gasteiger partial charge in [0, 0.05) is 20.3 Å². The van der Waals surface area contributed by atoms with Crippen LogP contribution in [0.3, 0.4) is 0 Å². The lowest BCUT2D eigenvalue weighted by Crippen LogP contribution is -2.07. The SMILES string of the molecule is CC(=O)Oc1ccc(/C=C/C(=O)CCCCc2ccccc2)cc1OC(C)=O. The van der Waals surface area contributed by atoms with Gasteiger partial charge in [0.2, 0.25) is 0 Å². The first-order valence-corrected chi connectivity index (χ1v) is 9.20. The van der Waals surface area contributed by atoms with Crippen molar-refractivity contribution in [2.24, 2.45) is 0 Å². The second kappa shape index (κ2) is 10.8. The normalized spacial score (nSPS) is 10.6. The first kappa shape index (κ1) is 21.1. The van der Waals surface area contributed by atoms with Crippen molar-refractivity contribution in [3.8, 4) is 11.5 Å². The van der Waals surface area contributed by atoms with Crippen LogP contribution in [0.5, 0.6) is 11.5 Å². The van der Waals surface area contributed by atoms with Crippen LogP contribution in [0.4, 0.5) is 0 Å². The van der Waals surface area contributed by atoms with E-state index in [0.717, 1.165) is 19.3 Å². The summed E-state index contributed by atoms with van der Waals surface area (Å²) >= 11 is 0. The van der Waals surface area contributed by atoms with Crippen LogP contribution < -0.4 is 9.47 Å². The Labute approximate surface area is 165 Å². The number of carbonyl (C=O) groups excluding carboxylic acids is 3. The predicted octanol–water partition coefficient (Wildman–Crippen LogP) is 4.53. The molecule has 0 radical (unpaired) electrons. The summed E-state index contributed by atoms with van der Waals surface area (Å²) in [5.74, 6) is -0.704. The summed E-state index contributed by atoms with van der Waals surface area (Å²) in [4.78, 5) is 34.4. The number of hydrogen-bond donors (Lipinski definition) is 0. The van der Waals surface area contributed by atoms with Crippen LogP contribution in [0.25, 0.3) is 6.08 Å². The molecule has 0 heterocycles. The van der Waals surface area contributed by atoms with Crippen LogP contribution >= 0.6 is 0 Å². The number of aryl methyl sites for hydroxylation is 1. The van der Waals surface area contributed by atoms with E-state index in [4.69, 9.17) is 9.47 Å². The van der Waals surface area contributed by atoms with Crippen molar-refractivity contribution in [3.05, 3.63) is 65.7 Å². The molecule has 0 unspecified atom stereocenters. The molecule has 2 aromatic carbocycles. The monoisotopic (exact) mass is 380 g/mol. The molecule has 0 aromatic heterocycles. The molecule has 0 aliphatic rings. The molecule has 2 rings (SSSR count). The number of benzene rings is 2. The number of allylic oxidation sites excluding steroid dienone is 1. The molecule has 2 aromatic rings. The number of rotatable bonds is 9. The molecule has 146 valence electrons. The number of unbranched alkanes of at least 4 members (excludes halogenated alkanes) is 1. The Hall–Kier alpha value is -3.21. The van der Waals surface area contributed by atoms with Crippen molar-refractivity contribution in [3.63, 3.8) is 0 Å². The van der Waals surface area contributed by atoms with Gasteiger partial charge in [0.05, 0.1) is 0 Å². The largest absolute Gasteiger partial charge is 0.423 e. The molecule has 5 nitrogen and oxygen atoms in total. The van der Waals surface area contributed by atoms with E-state index in [2.05, 4.69) is 12.1 Å². The van der Waals surface area contributed by atoms with Gasteiger partial charge < -0.3 is 9.47 Å². The number of ketones is 1. The first-order chi connectivity index (χ1) is 13.4. The average Bonchev–Trinajstić information content (AvgIpc) is 2.65. The van der Waals surface area contributed by atoms with Crippen molar-refractivity contribution < 1.29 is 23.9 Å². The van der Waals surface area contributed by atoms with E-state index in [9.17, 15) is 14.4 Å². The van der Waals surface area contributed by atoms with Gasteiger partial charge in [-0.2, -0.15) is 0 Å². The van der Waals surface area contributed by atoms with Crippen LogP contribution in [0.15, 0.2) is 54.6 Å². The van der Waals surface area contributed by atoms with Gasteiger partial charge in [-0.05, 0) is 48.6 Å². The molecule has 0 aliphatic carbocycles. The van der Waals surface area contributed by atoms with Gasteiger partial charge in [0.25, 0.3) is 0 Å². The van der Waals surface area contributed by atoms with E-state index in [-0.39, 0.29) is 17.3 Å². The van der Waals surface area contributed by atoms with E-state index in [0.29, 0.717) is 12.0 Å². The highest BCUT2D eigenvalue weighted by molar-refractivity contribution is 5.93. The first-order valence-electron chi connectivity index (χ1n) is 9.20. The Kier molecular flexibility index (Phi) is 8.15. The highest BCUT2D eigenvalue weighted by Gasteiger charge is 2.10. The Balaban J connectivity index is 1.90. The lowest BCUT2D eigenvalue weighted by Gasteiger charge is -2.09. The molecular weight excluding hydrogens is 356 g/mol. The van der Waals surface area contributed by atoms with Crippen LogP contribution in [-0.4, -0.2) is 17.7 Å². The fourth-order valence-corrected chi connectivity index (χ4v) is 2.65. The summed E-state index contributed by atoms with van der Waals surface area (Å²) in [7, 11) is 0. The van der Waals surface area contributed by atoms with Crippen molar-refractivity contribution in [1.82, 2.24) is 0 Å². The molecule has 0 spiro atoms. The molecular formula is C23H24O5. The molecule has 28 heavy (non-hydrogen) atoms. The van der Waals surface area contributed by atoms with E-state index in [1.54, 1.807) is 18.2 Å². The van der Waals surface area contributed by atoms with Gasteiger partial charge in [-0.25, -0.2) is 0 Å². The molecule has 0 aliphatic heterocycles. The summed E-state index contributed by atoms with van der Waals surface area (Å²) in [5, 5.41) is 0. The minimum atomic E-state index is -0.524. The minimum Gasteiger partial charge on any atom is -0.423 e. The van der Waals surface area contributed by atoms with Gasteiger partial charge in [0.15, 0.2) is 17.3 Å². The molecule has 5 heteroatoms. The Morgan fingerprint density at radius 3 is 2.21 bits per heavy atom. The topological polar surface area (TPSA) is 69.7 Å². The lowest BCUT2D eigenvalue weighted by molar-refractivity contribution is -0.134. The number of carbonyl (C=O) groups is 3. The standard InChI is InChI=1S/C23H24O5/c1-17(24)27-22-15-13-20(16-23(22)28-18(2)25)12-14-21(26)11-7-6-10-19-8-4-3-5-9-19/h3-5,8-9,12-16H,6-7,10-11H2,1-2H3/b14-12+. The summed E-state index contributed by atoms with van der Waals surface area (Å²) in [6, 6.07) is 15.0. The molecule has 0 atom stereocenters. The zero-order valence-electron chi connectivity index (χ0n) is 16.1. The zero-order chi connectivity index (χ0) is 20.4. The molecule has 0 saturated heterocycles. The second-order valence-electron chi connectivity index (χ2n) is 6.39. The number of ether oxygens (including phenoxy) is 2. The maximum atomic E-state index is 12.1. The third-order valence-corrected chi connectivity index (χ3v) is 3.92. The van der Waals surface area contributed by atoms with E-state index in [1.807, 2.05) is 18.2 Å². The zero-order valence-corrected chi connectivity index (χ0v) is 16.1. The highest BCUT2D eigenvalue weighted by Crippen LogP contribution is 2.29. The van der Waals surface area contributed by atoms with Crippen LogP contribution in [-0.2, 0) is 20.8 Å². The fraction of sp³-hybridized carbons (Fsp3) is 0.261. The third-order valence-electron chi connectivity index (χ3n) is 3.92.